The number of allylic oxidation sites excluding steroid dienone is 8. The first kappa shape index (κ1) is 61.4. The molecule has 0 aliphatic heterocycles. The van der Waals surface area contributed by atoms with Crippen molar-refractivity contribution in [1.29, 1.82) is 0 Å². The van der Waals surface area contributed by atoms with Gasteiger partial charge in [-0.25, -0.2) is 0 Å². The third-order valence-electron chi connectivity index (χ3n) is 12.0. The van der Waals surface area contributed by atoms with Gasteiger partial charge in [-0.15, -0.1) is 0 Å². The predicted octanol–water partition coefficient (Wildman–Crippen LogP) is 18.3. The molecule has 0 rings (SSSR count). The molecule has 0 heterocycles. The normalized spacial score (nSPS) is 12.4. The Bertz CT molecular complexity index is 1120. The zero-order chi connectivity index (χ0) is 46.5. The zero-order valence-corrected chi connectivity index (χ0v) is 42.6. The van der Waals surface area contributed by atoms with E-state index in [1.807, 2.05) is 0 Å². The lowest BCUT2D eigenvalue weighted by Gasteiger charge is -2.18. The van der Waals surface area contributed by atoms with Gasteiger partial charge in [-0.05, 0) is 96.3 Å². The molecule has 372 valence electrons. The van der Waals surface area contributed by atoms with Gasteiger partial charge < -0.3 is 14.2 Å². The molecule has 0 bridgehead atoms. The summed E-state index contributed by atoms with van der Waals surface area (Å²) in [4.78, 5) is 38.0. The molecule has 1 unspecified atom stereocenters. The van der Waals surface area contributed by atoms with Crippen molar-refractivity contribution in [3.63, 3.8) is 0 Å². The molecule has 0 aliphatic carbocycles. The molecule has 64 heavy (non-hydrogen) atoms. The number of carbonyl (C=O) groups excluding carboxylic acids is 3. The summed E-state index contributed by atoms with van der Waals surface area (Å²) in [7, 11) is 0. The molecule has 0 aromatic heterocycles. The topological polar surface area (TPSA) is 78.9 Å². The van der Waals surface area contributed by atoms with Gasteiger partial charge in [-0.2, -0.15) is 0 Å². The second-order valence-electron chi connectivity index (χ2n) is 18.5. The van der Waals surface area contributed by atoms with Crippen LogP contribution in [0.15, 0.2) is 48.6 Å². The fourth-order valence-electron chi connectivity index (χ4n) is 7.82. The third-order valence-corrected chi connectivity index (χ3v) is 12.0. The van der Waals surface area contributed by atoms with Crippen LogP contribution in [0.5, 0.6) is 0 Å². The first-order valence-electron chi connectivity index (χ1n) is 27.6. The average molecular weight is 897 g/mol. The Labute approximate surface area is 397 Å². The highest BCUT2D eigenvalue weighted by atomic mass is 16.6. The molecule has 0 saturated heterocycles. The van der Waals surface area contributed by atoms with Crippen LogP contribution in [0.3, 0.4) is 0 Å². The fourth-order valence-corrected chi connectivity index (χ4v) is 7.82. The van der Waals surface area contributed by atoms with E-state index in [1.165, 1.54) is 161 Å². The molecule has 1 atom stereocenters. The van der Waals surface area contributed by atoms with Crippen LogP contribution in [0.1, 0.15) is 284 Å². The van der Waals surface area contributed by atoms with Gasteiger partial charge in [0.05, 0.1) is 0 Å². The monoisotopic (exact) mass is 897 g/mol. The molecule has 0 fully saturated rings. The van der Waals surface area contributed by atoms with E-state index in [9.17, 15) is 14.4 Å². The van der Waals surface area contributed by atoms with Crippen molar-refractivity contribution in [3.05, 3.63) is 48.6 Å². The smallest absolute Gasteiger partial charge is 0.306 e. The highest BCUT2D eigenvalue weighted by molar-refractivity contribution is 5.71. The Morgan fingerprint density at radius 1 is 0.312 bits per heavy atom. The number of hydrogen-bond acceptors (Lipinski definition) is 6. The molecule has 6 heteroatoms. The summed E-state index contributed by atoms with van der Waals surface area (Å²) >= 11 is 0. The highest BCUT2D eigenvalue weighted by Gasteiger charge is 2.19. The molecule has 6 nitrogen and oxygen atoms in total. The summed E-state index contributed by atoms with van der Waals surface area (Å²) in [5, 5.41) is 0. The summed E-state index contributed by atoms with van der Waals surface area (Å²) in [6, 6.07) is 0. The molecular formula is C58H104O6. The first-order valence-corrected chi connectivity index (χ1v) is 27.6. The molecular weight excluding hydrogens is 793 g/mol. The van der Waals surface area contributed by atoms with Crippen LogP contribution >= 0.6 is 0 Å². The standard InChI is InChI=1S/C58H104O6/c1-4-7-10-13-16-19-22-24-26-28-29-31-32-34-36-39-42-45-48-51-57(60)63-54-55(53-62-56(59)50-47-44-41-38-21-18-15-12-9-6-3)64-58(61)52-49-46-43-40-37-35-33-30-27-25-23-20-17-14-11-8-5-2/h12,15,17,20,24-27,55H,4-11,13-14,16,18-19,21-23,28-54H2,1-3H3/b15-12-,20-17-,26-24-,27-25-. The van der Waals surface area contributed by atoms with Gasteiger partial charge in [0.1, 0.15) is 13.2 Å². The number of ether oxygens (including phenoxy) is 3. The zero-order valence-electron chi connectivity index (χ0n) is 42.6. The maximum atomic E-state index is 12.8. The lowest BCUT2D eigenvalue weighted by Crippen LogP contribution is -2.30. The molecule has 0 aromatic carbocycles. The molecule has 0 radical (unpaired) electrons. The minimum absolute atomic E-state index is 0.0790. The van der Waals surface area contributed by atoms with Crippen LogP contribution in [-0.2, 0) is 28.6 Å². The molecule has 0 aromatic rings. The van der Waals surface area contributed by atoms with Gasteiger partial charge in [0.2, 0.25) is 0 Å². The van der Waals surface area contributed by atoms with Crippen molar-refractivity contribution in [2.24, 2.45) is 0 Å². The predicted molar refractivity (Wildman–Crippen MR) is 275 cm³/mol. The van der Waals surface area contributed by atoms with Crippen LogP contribution in [0, 0.1) is 0 Å². The highest BCUT2D eigenvalue weighted by Crippen LogP contribution is 2.15. The van der Waals surface area contributed by atoms with E-state index in [1.54, 1.807) is 0 Å². The van der Waals surface area contributed by atoms with Gasteiger partial charge in [0, 0.05) is 19.3 Å². The lowest BCUT2D eigenvalue weighted by molar-refractivity contribution is -0.167. The third kappa shape index (κ3) is 50.4. The molecule has 0 amide bonds. The number of carbonyl (C=O) groups is 3. The lowest BCUT2D eigenvalue weighted by atomic mass is 10.1. The molecule has 0 N–H and O–H groups in total. The Balaban J connectivity index is 4.31. The van der Waals surface area contributed by atoms with Gasteiger partial charge in [0.25, 0.3) is 0 Å². The summed E-state index contributed by atoms with van der Waals surface area (Å²) < 4.78 is 16.8. The van der Waals surface area contributed by atoms with Gasteiger partial charge in [-0.1, -0.05) is 217 Å². The molecule has 0 saturated carbocycles. The Kier molecular flexibility index (Phi) is 50.8. The Morgan fingerprint density at radius 3 is 0.969 bits per heavy atom. The van der Waals surface area contributed by atoms with E-state index < -0.39 is 6.10 Å². The summed E-state index contributed by atoms with van der Waals surface area (Å²) in [6.07, 6.45) is 63.9. The van der Waals surface area contributed by atoms with Crippen molar-refractivity contribution < 1.29 is 28.6 Å². The quantitative estimate of drug-likeness (QED) is 0.0262. The summed E-state index contributed by atoms with van der Waals surface area (Å²) in [5.41, 5.74) is 0. The van der Waals surface area contributed by atoms with E-state index in [4.69, 9.17) is 14.2 Å². The van der Waals surface area contributed by atoms with E-state index >= 15 is 0 Å². The van der Waals surface area contributed by atoms with E-state index in [-0.39, 0.29) is 31.1 Å². The average Bonchev–Trinajstić information content (AvgIpc) is 3.29. The summed E-state index contributed by atoms with van der Waals surface area (Å²) in [6.45, 7) is 6.55. The minimum atomic E-state index is -0.779. The van der Waals surface area contributed by atoms with Crippen LogP contribution in [0.25, 0.3) is 0 Å². The number of rotatable bonds is 50. The van der Waals surface area contributed by atoms with Crippen LogP contribution in [0.4, 0.5) is 0 Å². The van der Waals surface area contributed by atoms with Crippen molar-refractivity contribution >= 4 is 17.9 Å². The van der Waals surface area contributed by atoms with Crippen LogP contribution < -0.4 is 0 Å². The van der Waals surface area contributed by atoms with Crippen molar-refractivity contribution in [3.8, 4) is 0 Å². The van der Waals surface area contributed by atoms with Gasteiger partial charge >= 0.3 is 17.9 Å². The van der Waals surface area contributed by atoms with Crippen LogP contribution in [0.2, 0.25) is 0 Å². The number of esters is 3. The molecule has 0 spiro atoms. The van der Waals surface area contributed by atoms with Crippen LogP contribution in [-0.4, -0.2) is 37.2 Å². The maximum Gasteiger partial charge on any atom is 0.306 e. The molecule has 0 aliphatic rings. The van der Waals surface area contributed by atoms with Gasteiger partial charge in [0.15, 0.2) is 6.10 Å². The van der Waals surface area contributed by atoms with E-state index in [0.717, 1.165) is 83.5 Å². The van der Waals surface area contributed by atoms with E-state index in [2.05, 4.69) is 69.4 Å². The fraction of sp³-hybridized carbons (Fsp3) is 0.810. The van der Waals surface area contributed by atoms with E-state index in [0.29, 0.717) is 19.3 Å². The second kappa shape index (κ2) is 53.0. The first-order chi connectivity index (χ1) is 31.5. The Morgan fingerprint density at radius 2 is 0.594 bits per heavy atom. The van der Waals surface area contributed by atoms with Crippen molar-refractivity contribution in [1.82, 2.24) is 0 Å². The van der Waals surface area contributed by atoms with Crippen molar-refractivity contribution in [2.45, 2.75) is 290 Å². The SMILES string of the molecule is CCC/C=C\CCCCCCCC(=O)OCC(COC(=O)CCCCCCCCCCC/C=C\CCCCCCCC)OC(=O)CCCCCCCCC/C=C\C/C=C\CCCCC. The minimum Gasteiger partial charge on any atom is -0.462 e. The maximum absolute atomic E-state index is 12.8. The van der Waals surface area contributed by atoms with Gasteiger partial charge in [-0.3, -0.25) is 14.4 Å². The Hall–Kier alpha value is -2.63. The largest absolute Gasteiger partial charge is 0.462 e. The second-order valence-corrected chi connectivity index (χ2v) is 18.5. The van der Waals surface area contributed by atoms with Crippen molar-refractivity contribution in [2.75, 3.05) is 13.2 Å². The number of hydrogen-bond donors (Lipinski definition) is 0. The number of unbranched alkanes of at least 4 members (excludes halogenated alkanes) is 31. The summed E-state index contributed by atoms with van der Waals surface area (Å²) in [5.74, 6) is -0.891.